The number of hydrogen-bond acceptors (Lipinski definition) is 13. The summed E-state index contributed by atoms with van der Waals surface area (Å²) in [6.45, 7) is 23.7. The molecule has 13 nitrogen and oxygen atoms in total. The fraction of sp³-hybridized carbons (Fsp3) is 0.764. The van der Waals surface area contributed by atoms with Gasteiger partial charge in [0, 0.05) is 64.9 Å². The van der Waals surface area contributed by atoms with Gasteiger partial charge in [-0.25, -0.2) is 0 Å². The number of aliphatic hydroxyl groups is 2. The smallest absolute Gasteiger partial charge is 0.469 e. The van der Waals surface area contributed by atoms with Crippen LogP contribution in [-0.4, -0.2) is 107 Å². The van der Waals surface area contributed by atoms with Crippen molar-refractivity contribution in [1.29, 1.82) is 0 Å². The summed E-state index contributed by atoms with van der Waals surface area (Å²) in [6.07, 6.45) is 19.1. The summed E-state index contributed by atoms with van der Waals surface area (Å²) in [5.41, 5.74) is -0.301. The second-order valence-corrected chi connectivity index (χ2v) is 23.7. The van der Waals surface area contributed by atoms with Crippen molar-refractivity contribution in [2.45, 2.75) is 222 Å². The quantitative estimate of drug-likeness (QED) is 0.0331. The Bertz CT molecular complexity index is 1640. The predicted octanol–water partition coefficient (Wildman–Crippen LogP) is 14.2. The van der Waals surface area contributed by atoms with Gasteiger partial charge in [0.15, 0.2) is 0 Å². The maximum Gasteiger partial charge on any atom is 0.501 e. The highest BCUT2D eigenvalue weighted by Gasteiger charge is 2.54. The number of carbonyl (C=O) groups excluding carboxylic acids is 5. The Labute approximate surface area is 484 Å². The number of aliphatic hydroxyl groups excluding tert-OH is 1. The maximum absolute atomic E-state index is 11.0. The van der Waals surface area contributed by atoms with Crippen molar-refractivity contribution in [3.05, 3.63) is 31.6 Å². The van der Waals surface area contributed by atoms with Crippen molar-refractivity contribution >= 4 is 109 Å². The first kappa shape index (κ1) is 81.1. The third kappa shape index (κ3) is 47.4. The third-order valence-electron chi connectivity index (χ3n) is 11.6. The van der Waals surface area contributed by atoms with Gasteiger partial charge in [0.1, 0.15) is 6.29 Å². The minimum absolute atomic E-state index is 0. The average molecular weight is 1310 g/mol. The number of allylic oxidation sites excluding steroid dienone is 5. The Morgan fingerprint density at radius 2 is 1.19 bits per heavy atom. The minimum atomic E-state index is -0.728. The van der Waals surface area contributed by atoms with E-state index in [2.05, 4.69) is 135 Å². The van der Waals surface area contributed by atoms with Gasteiger partial charge >= 0.3 is 31.0 Å². The van der Waals surface area contributed by atoms with Crippen LogP contribution in [0.1, 0.15) is 193 Å². The molecule has 2 N–H and O–H groups in total. The van der Waals surface area contributed by atoms with Crippen molar-refractivity contribution in [1.82, 2.24) is 0 Å². The fourth-order valence-corrected chi connectivity index (χ4v) is 8.89. The zero-order valence-corrected chi connectivity index (χ0v) is 53.5. The molecule has 0 aromatic heterocycles. The average Bonchev–Trinajstić information content (AvgIpc) is 3.29. The number of hydrogen-bond donors (Lipinski definition) is 2. The van der Waals surface area contributed by atoms with Crippen LogP contribution in [0.4, 0.5) is 0 Å². The number of unbranched alkanes of at least 4 members (excludes halogenated alkanes) is 4. The second-order valence-electron chi connectivity index (χ2n) is 19.9. The molecule has 0 spiro atoms. The van der Waals surface area contributed by atoms with Crippen LogP contribution in [0.25, 0.3) is 0 Å². The SMILES string of the molecule is C.CC(O)CC(C)(C)O.CC=O.COC(=O)CCC/C=C(/C)Br.COC(=O)CCC/C=C(/C)Br.COC(=O)CCC/C=C(\Br)B1OC(C)CC(C)(C)O1.COC(=O)CCCC#CBr.[B]C1CC2CC(C1C)C2(C)C. The van der Waals surface area contributed by atoms with E-state index in [0.29, 0.717) is 43.3 Å². The van der Waals surface area contributed by atoms with Crippen LogP contribution in [0.2, 0.25) is 5.82 Å². The number of methoxy groups -OCH3 is 4. The summed E-state index contributed by atoms with van der Waals surface area (Å²) >= 11 is 13.1. The molecule has 4 fully saturated rings. The van der Waals surface area contributed by atoms with E-state index in [9.17, 15) is 19.2 Å². The van der Waals surface area contributed by atoms with Gasteiger partial charge < -0.3 is 43.3 Å². The maximum atomic E-state index is 11.0. The standard InChI is InChI=1S/C13H22BBrO4.C10H17B.2C8H13BrO2.C7H9BrO2.C6H14O2.C2H4O.CH4/c1-10-9-13(2,3)19-14(18-10)11(15)7-5-6-8-12(16)17-4;1-6-8-4-7(5-9(6)11)10(8,2)3;2*1-7(9)5-3-4-6-8(10)11-2;1-10-7(9)5-3-2-4-6-8;1-5(7)4-6(2,3)8;1-2-3;/h7,10H,5-6,8-9H2,1-4H3;6-9H,4-5H2,1-3H3;2*5H,3-4,6H2,1-2H3;2-3,5H2,1H3;5,7-8H,4H2,1-3H3;2H,1H3;1H4/b11-7-;;2*7-5-;;;;. The van der Waals surface area contributed by atoms with Gasteiger partial charge in [0.25, 0.3) is 0 Å². The topological polar surface area (TPSA) is 181 Å². The summed E-state index contributed by atoms with van der Waals surface area (Å²) in [5.74, 6) is 5.27. The monoisotopic (exact) mass is 1300 g/mol. The summed E-state index contributed by atoms with van der Waals surface area (Å²) in [4.78, 5) is 54.1. The molecule has 74 heavy (non-hydrogen) atoms. The van der Waals surface area contributed by atoms with Crippen LogP contribution in [0, 0.1) is 33.9 Å². The number of carbonyl (C=O) groups is 5. The van der Waals surface area contributed by atoms with E-state index in [1.165, 1.54) is 48.2 Å². The van der Waals surface area contributed by atoms with Gasteiger partial charge in [-0.05, 0) is 157 Å². The van der Waals surface area contributed by atoms with E-state index in [0.717, 1.165) is 95.2 Å². The van der Waals surface area contributed by atoms with Gasteiger partial charge in [-0.1, -0.05) is 112 Å². The molecule has 0 amide bonds. The summed E-state index contributed by atoms with van der Waals surface area (Å²) < 4.78 is 32.7. The number of fused-ring (bicyclic) bond motifs is 2. The first-order valence-electron chi connectivity index (χ1n) is 25.1. The van der Waals surface area contributed by atoms with Gasteiger partial charge in [0.2, 0.25) is 0 Å². The van der Waals surface area contributed by atoms with Crippen LogP contribution in [-0.2, 0) is 52.2 Å². The molecule has 6 unspecified atom stereocenters. The number of esters is 4. The lowest BCUT2D eigenvalue weighted by atomic mass is 9.41. The first-order chi connectivity index (χ1) is 33.8. The summed E-state index contributed by atoms with van der Waals surface area (Å²) in [6, 6.07) is 0. The number of halogens is 4. The Morgan fingerprint density at radius 3 is 1.47 bits per heavy atom. The first-order valence-corrected chi connectivity index (χ1v) is 28.3. The van der Waals surface area contributed by atoms with E-state index in [1.54, 1.807) is 20.8 Å². The lowest BCUT2D eigenvalue weighted by Gasteiger charge is -2.62. The van der Waals surface area contributed by atoms with E-state index in [4.69, 9.17) is 32.2 Å². The zero-order valence-electron chi connectivity index (χ0n) is 47.1. The third-order valence-corrected chi connectivity index (χ3v) is 13.2. The highest BCUT2D eigenvalue weighted by atomic mass is 79.9. The molecule has 4 aliphatic rings. The molecule has 1 heterocycles. The zero-order chi connectivity index (χ0) is 57.4. The second kappa shape index (κ2) is 47.2. The molecule has 4 rings (SSSR count). The highest BCUT2D eigenvalue weighted by Crippen LogP contribution is 2.63. The molecule has 2 radical (unpaired) electrons. The lowest BCUT2D eigenvalue weighted by molar-refractivity contribution is -0.141. The predicted molar refractivity (Wildman–Crippen MR) is 318 cm³/mol. The lowest BCUT2D eigenvalue weighted by Crippen LogP contribution is -2.53. The van der Waals surface area contributed by atoms with Crippen molar-refractivity contribution < 1.29 is 62.4 Å². The Hall–Kier alpha value is -1.78. The van der Waals surface area contributed by atoms with E-state index >= 15 is 0 Å². The molecule has 3 saturated carbocycles. The van der Waals surface area contributed by atoms with Crippen LogP contribution >= 0.6 is 63.7 Å². The molecule has 428 valence electrons. The van der Waals surface area contributed by atoms with E-state index < -0.39 is 11.7 Å². The molecule has 0 aromatic carbocycles. The minimum Gasteiger partial charge on any atom is -0.469 e. The van der Waals surface area contributed by atoms with Gasteiger partial charge in [-0.2, -0.15) is 0 Å². The molecule has 3 aliphatic carbocycles. The molecule has 1 saturated heterocycles. The molecule has 19 heteroatoms. The van der Waals surface area contributed by atoms with Crippen molar-refractivity contribution in [2.24, 2.45) is 23.2 Å². The largest absolute Gasteiger partial charge is 0.501 e. The van der Waals surface area contributed by atoms with Crippen LogP contribution in [0.15, 0.2) is 31.6 Å². The molecule has 1 aliphatic heterocycles. The normalized spacial score (nSPS) is 20.3. The van der Waals surface area contributed by atoms with Gasteiger partial charge in [-0.15, -0.1) is 0 Å². The summed E-state index contributed by atoms with van der Waals surface area (Å²) in [5, 5.41) is 17.8. The highest BCUT2D eigenvalue weighted by molar-refractivity contribution is 9.12. The molecular formula is C55H96B2Br4O13. The number of ether oxygens (including phenoxy) is 4. The fourth-order valence-electron chi connectivity index (χ4n) is 7.81. The Kier molecular flexibility index (Phi) is 51.8. The van der Waals surface area contributed by atoms with E-state index in [-0.39, 0.29) is 50.1 Å². The van der Waals surface area contributed by atoms with Gasteiger partial charge in [-0.3, -0.25) is 19.2 Å². The van der Waals surface area contributed by atoms with Crippen molar-refractivity contribution in [2.75, 3.05) is 28.4 Å². The summed E-state index contributed by atoms with van der Waals surface area (Å²) in [7, 11) is 11.3. The Balaban J connectivity index is -0.000000259. The van der Waals surface area contributed by atoms with E-state index in [1.807, 2.05) is 32.1 Å². The van der Waals surface area contributed by atoms with Crippen LogP contribution < -0.4 is 0 Å². The molecule has 2 bridgehead atoms. The molecule has 0 aromatic rings. The van der Waals surface area contributed by atoms with Crippen molar-refractivity contribution in [3.63, 3.8) is 0 Å². The number of rotatable bonds is 18. The van der Waals surface area contributed by atoms with Crippen LogP contribution in [0.3, 0.4) is 0 Å². The van der Waals surface area contributed by atoms with Crippen molar-refractivity contribution in [3.8, 4) is 10.8 Å². The van der Waals surface area contributed by atoms with Crippen LogP contribution in [0.5, 0.6) is 0 Å². The van der Waals surface area contributed by atoms with Gasteiger partial charge in [0.05, 0.1) is 53.6 Å². The Morgan fingerprint density at radius 1 is 0.797 bits per heavy atom. The molecular weight excluding hydrogens is 1210 g/mol. The molecule has 6 atom stereocenters. The number of aldehydes is 1.